The van der Waals surface area contributed by atoms with E-state index in [1.165, 1.54) is 38.5 Å². The summed E-state index contributed by atoms with van der Waals surface area (Å²) in [4.78, 5) is 21.8. The molecule has 0 aliphatic heterocycles. The highest BCUT2D eigenvalue weighted by Gasteiger charge is 2.14. The molecule has 0 aliphatic carbocycles. The molecule has 0 aromatic rings. The van der Waals surface area contributed by atoms with Crippen molar-refractivity contribution in [2.24, 2.45) is 11.8 Å². The summed E-state index contributed by atoms with van der Waals surface area (Å²) < 4.78 is 0. The maximum atomic E-state index is 10.9. The van der Waals surface area contributed by atoms with Gasteiger partial charge in [-0.15, -0.1) is 0 Å². The second kappa shape index (κ2) is 15.5. The van der Waals surface area contributed by atoms with E-state index in [-0.39, 0.29) is 11.8 Å². The number of hydrogen-bond donors (Lipinski definition) is 2. The Balaban J connectivity index is 3.31. The van der Waals surface area contributed by atoms with Gasteiger partial charge in [-0.05, 0) is 25.7 Å². The molecule has 0 aromatic carbocycles. The summed E-state index contributed by atoms with van der Waals surface area (Å²) in [6.07, 6.45) is 14.9. The summed E-state index contributed by atoms with van der Waals surface area (Å²) >= 11 is 0. The monoisotopic (exact) mass is 342 g/mol. The van der Waals surface area contributed by atoms with Gasteiger partial charge in [0.05, 0.1) is 11.8 Å². The predicted molar refractivity (Wildman–Crippen MR) is 98.2 cm³/mol. The molecule has 24 heavy (non-hydrogen) atoms. The third-order valence-electron chi connectivity index (χ3n) is 5.04. The lowest BCUT2D eigenvalue weighted by Gasteiger charge is -2.09. The Bertz CT molecular complexity index is 296. The Labute approximate surface area is 148 Å². The van der Waals surface area contributed by atoms with E-state index in [2.05, 4.69) is 0 Å². The Morgan fingerprint density at radius 1 is 0.583 bits per heavy atom. The van der Waals surface area contributed by atoms with Crippen LogP contribution >= 0.6 is 0 Å². The molecule has 0 rings (SSSR count). The van der Waals surface area contributed by atoms with Gasteiger partial charge in [0.2, 0.25) is 0 Å². The van der Waals surface area contributed by atoms with Crippen molar-refractivity contribution in [3.05, 3.63) is 0 Å². The summed E-state index contributed by atoms with van der Waals surface area (Å²) in [5.41, 5.74) is 0. The van der Waals surface area contributed by atoms with Crippen molar-refractivity contribution in [3.8, 4) is 0 Å². The standard InChI is InChI=1S/C20H38O4/c1-3-17(19(21)22)15-13-11-9-7-5-6-8-10-12-14-16-18(4-2)20(23)24/h17-18H,3-16H2,1-2H3,(H,21,22)(H,23,24). The average Bonchev–Trinajstić information content (AvgIpc) is 2.54. The van der Waals surface area contributed by atoms with E-state index < -0.39 is 11.9 Å². The molecule has 2 atom stereocenters. The van der Waals surface area contributed by atoms with E-state index in [1.54, 1.807) is 0 Å². The summed E-state index contributed by atoms with van der Waals surface area (Å²) in [7, 11) is 0. The lowest BCUT2D eigenvalue weighted by Crippen LogP contribution is -2.12. The van der Waals surface area contributed by atoms with Crippen LogP contribution < -0.4 is 0 Å². The smallest absolute Gasteiger partial charge is 0.306 e. The topological polar surface area (TPSA) is 74.6 Å². The largest absolute Gasteiger partial charge is 0.481 e. The maximum absolute atomic E-state index is 10.9. The molecular formula is C20H38O4. The molecule has 0 aromatic heterocycles. The van der Waals surface area contributed by atoms with Crippen molar-refractivity contribution in [1.29, 1.82) is 0 Å². The average molecular weight is 343 g/mol. The van der Waals surface area contributed by atoms with Gasteiger partial charge in [-0.1, -0.05) is 78.1 Å². The van der Waals surface area contributed by atoms with Crippen LogP contribution in [-0.4, -0.2) is 22.2 Å². The molecular weight excluding hydrogens is 304 g/mol. The SMILES string of the molecule is CCC(CCCCCCCCCCCCC(CC)C(=O)O)C(=O)O. The third-order valence-corrected chi connectivity index (χ3v) is 5.04. The number of unbranched alkanes of at least 4 members (excludes halogenated alkanes) is 9. The van der Waals surface area contributed by atoms with Gasteiger partial charge in [-0.25, -0.2) is 0 Å². The Kier molecular flexibility index (Phi) is 14.8. The minimum absolute atomic E-state index is 0.154. The molecule has 142 valence electrons. The predicted octanol–water partition coefficient (Wildman–Crippen LogP) is 5.89. The van der Waals surface area contributed by atoms with E-state index in [0.717, 1.165) is 51.4 Å². The number of carboxylic acid groups (broad SMARTS) is 2. The van der Waals surface area contributed by atoms with Crippen LogP contribution in [0.1, 0.15) is 104 Å². The summed E-state index contributed by atoms with van der Waals surface area (Å²) in [5, 5.41) is 18.0. The van der Waals surface area contributed by atoms with E-state index in [0.29, 0.717) is 0 Å². The van der Waals surface area contributed by atoms with Crippen LogP contribution in [0.5, 0.6) is 0 Å². The Hall–Kier alpha value is -1.06. The molecule has 0 fully saturated rings. The molecule has 0 saturated carbocycles. The number of hydrogen-bond acceptors (Lipinski definition) is 2. The van der Waals surface area contributed by atoms with Gasteiger partial charge < -0.3 is 10.2 Å². The zero-order valence-electron chi connectivity index (χ0n) is 15.8. The van der Waals surface area contributed by atoms with E-state index in [1.807, 2.05) is 13.8 Å². The first kappa shape index (κ1) is 22.9. The van der Waals surface area contributed by atoms with Crippen molar-refractivity contribution in [2.45, 2.75) is 104 Å². The van der Waals surface area contributed by atoms with Gasteiger partial charge >= 0.3 is 11.9 Å². The van der Waals surface area contributed by atoms with Gasteiger partial charge in [0.25, 0.3) is 0 Å². The molecule has 0 amide bonds. The van der Waals surface area contributed by atoms with Gasteiger partial charge in [0.15, 0.2) is 0 Å². The first-order valence-electron chi connectivity index (χ1n) is 9.98. The van der Waals surface area contributed by atoms with E-state index >= 15 is 0 Å². The highest BCUT2D eigenvalue weighted by molar-refractivity contribution is 5.70. The maximum Gasteiger partial charge on any atom is 0.306 e. The van der Waals surface area contributed by atoms with Crippen molar-refractivity contribution in [3.63, 3.8) is 0 Å². The summed E-state index contributed by atoms with van der Waals surface area (Å²) in [6, 6.07) is 0. The van der Waals surface area contributed by atoms with Crippen LogP contribution in [0.15, 0.2) is 0 Å². The molecule has 2 N–H and O–H groups in total. The molecule has 0 spiro atoms. The van der Waals surface area contributed by atoms with Crippen molar-refractivity contribution in [2.75, 3.05) is 0 Å². The van der Waals surface area contributed by atoms with E-state index in [9.17, 15) is 9.59 Å². The van der Waals surface area contributed by atoms with Crippen molar-refractivity contribution >= 4 is 11.9 Å². The molecule has 0 bridgehead atoms. The second-order valence-corrected chi connectivity index (χ2v) is 7.00. The van der Waals surface area contributed by atoms with Crippen LogP contribution in [0.2, 0.25) is 0 Å². The zero-order chi connectivity index (χ0) is 18.2. The fourth-order valence-electron chi connectivity index (χ4n) is 3.20. The van der Waals surface area contributed by atoms with Crippen molar-refractivity contribution < 1.29 is 19.8 Å². The van der Waals surface area contributed by atoms with E-state index in [4.69, 9.17) is 10.2 Å². The highest BCUT2D eigenvalue weighted by atomic mass is 16.4. The van der Waals surface area contributed by atoms with Gasteiger partial charge in [0, 0.05) is 0 Å². The second-order valence-electron chi connectivity index (χ2n) is 7.00. The lowest BCUT2D eigenvalue weighted by molar-refractivity contribution is -0.143. The first-order valence-corrected chi connectivity index (χ1v) is 9.98. The van der Waals surface area contributed by atoms with Crippen LogP contribution in [0.3, 0.4) is 0 Å². The molecule has 0 radical (unpaired) electrons. The molecule has 4 nitrogen and oxygen atoms in total. The number of rotatable bonds is 17. The number of carboxylic acids is 2. The molecule has 0 saturated heterocycles. The van der Waals surface area contributed by atoms with Crippen LogP contribution in [-0.2, 0) is 9.59 Å². The zero-order valence-corrected chi connectivity index (χ0v) is 15.8. The van der Waals surface area contributed by atoms with Gasteiger partial charge in [0.1, 0.15) is 0 Å². The van der Waals surface area contributed by atoms with Crippen molar-refractivity contribution in [1.82, 2.24) is 0 Å². The minimum Gasteiger partial charge on any atom is -0.481 e. The number of aliphatic carboxylic acids is 2. The first-order chi connectivity index (χ1) is 11.5. The van der Waals surface area contributed by atoms with Gasteiger partial charge in [-0.2, -0.15) is 0 Å². The highest BCUT2D eigenvalue weighted by Crippen LogP contribution is 2.17. The fourth-order valence-corrected chi connectivity index (χ4v) is 3.20. The molecule has 4 heteroatoms. The Morgan fingerprint density at radius 3 is 1.04 bits per heavy atom. The molecule has 2 unspecified atom stereocenters. The van der Waals surface area contributed by atoms with Crippen LogP contribution in [0.25, 0.3) is 0 Å². The summed E-state index contributed by atoms with van der Waals surface area (Å²) in [6.45, 7) is 3.89. The quantitative estimate of drug-likeness (QED) is 0.323. The third kappa shape index (κ3) is 12.4. The normalized spacial score (nSPS) is 13.6. The van der Waals surface area contributed by atoms with Crippen LogP contribution in [0, 0.1) is 11.8 Å². The summed E-state index contributed by atoms with van der Waals surface area (Å²) in [5.74, 6) is -1.60. The minimum atomic E-state index is -0.647. The Morgan fingerprint density at radius 2 is 0.833 bits per heavy atom. The molecule has 0 heterocycles. The molecule has 0 aliphatic rings. The van der Waals surface area contributed by atoms with Gasteiger partial charge in [-0.3, -0.25) is 9.59 Å². The lowest BCUT2D eigenvalue weighted by atomic mass is 9.97. The number of carbonyl (C=O) groups is 2. The fraction of sp³-hybridized carbons (Fsp3) is 0.900. The van der Waals surface area contributed by atoms with Crippen LogP contribution in [0.4, 0.5) is 0 Å².